The number of ether oxygens (including phenoxy) is 1. The van der Waals surface area contributed by atoms with Crippen LogP contribution in [0.25, 0.3) is 11.1 Å². The second-order valence-corrected chi connectivity index (χ2v) is 9.96. The summed E-state index contributed by atoms with van der Waals surface area (Å²) in [4.78, 5) is 38.0. The number of aliphatic carboxylic acids is 1. The lowest BCUT2D eigenvalue weighted by Crippen LogP contribution is -2.51. The number of nitrogens with zero attached hydrogens (tertiary/aromatic N) is 1. The highest BCUT2D eigenvalue weighted by molar-refractivity contribution is 5.83. The topological polar surface area (TPSA) is 95.9 Å². The zero-order valence-corrected chi connectivity index (χ0v) is 19.9. The molecule has 1 fully saturated rings. The average Bonchev–Trinajstić information content (AvgIpc) is 3.09. The van der Waals surface area contributed by atoms with Gasteiger partial charge in [0, 0.05) is 31.0 Å². The summed E-state index contributed by atoms with van der Waals surface area (Å²) < 4.78 is 5.56. The molecule has 7 nitrogen and oxygen atoms in total. The Hall–Kier alpha value is -3.35. The molecule has 2 aliphatic carbocycles. The van der Waals surface area contributed by atoms with Gasteiger partial charge in [-0.15, -0.1) is 0 Å². The Balaban J connectivity index is 1.25. The minimum absolute atomic E-state index is 0.00178. The van der Waals surface area contributed by atoms with Gasteiger partial charge in [-0.2, -0.15) is 0 Å². The summed E-state index contributed by atoms with van der Waals surface area (Å²) >= 11 is 0. The van der Waals surface area contributed by atoms with E-state index in [-0.39, 0.29) is 30.4 Å². The van der Waals surface area contributed by atoms with Crippen molar-refractivity contribution in [2.75, 3.05) is 20.2 Å². The van der Waals surface area contributed by atoms with E-state index in [4.69, 9.17) is 9.84 Å². The van der Waals surface area contributed by atoms with Crippen molar-refractivity contribution in [2.24, 2.45) is 11.3 Å². The predicted molar refractivity (Wildman–Crippen MR) is 128 cm³/mol. The summed E-state index contributed by atoms with van der Waals surface area (Å²) in [5.74, 6) is -1.21. The van der Waals surface area contributed by atoms with Gasteiger partial charge in [0.15, 0.2) is 0 Å². The van der Waals surface area contributed by atoms with Crippen LogP contribution in [0.5, 0.6) is 0 Å². The largest absolute Gasteiger partial charge is 0.481 e. The first-order chi connectivity index (χ1) is 16.2. The van der Waals surface area contributed by atoms with Crippen LogP contribution < -0.4 is 5.32 Å². The van der Waals surface area contributed by atoms with Gasteiger partial charge in [0.05, 0.1) is 5.92 Å². The summed E-state index contributed by atoms with van der Waals surface area (Å²) in [5.41, 5.74) is 4.00. The van der Waals surface area contributed by atoms with Crippen molar-refractivity contribution in [1.29, 1.82) is 0 Å². The lowest BCUT2D eigenvalue weighted by Gasteiger charge is -2.42. The third-order valence-electron chi connectivity index (χ3n) is 7.27. The zero-order valence-electron chi connectivity index (χ0n) is 19.9. The third-order valence-corrected chi connectivity index (χ3v) is 7.27. The Morgan fingerprint density at radius 2 is 1.59 bits per heavy atom. The van der Waals surface area contributed by atoms with Gasteiger partial charge in [-0.25, -0.2) is 4.79 Å². The van der Waals surface area contributed by atoms with Gasteiger partial charge in [0.1, 0.15) is 6.61 Å². The van der Waals surface area contributed by atoms with E-state index in [1.54, 1.807) is 11.9 Å². The number of carbonyl (C=O) groups is 3. The normalized spacial score (nSPS) is 18.9. The fourth-order valence-corrected chi connectivity index (χ4v) is 4.98. The molecule has 0 aliphatic heterocycles. The quantitative estimate of drug-likeness (QED) is 0.609. The van der Waals surface area contributed by atoms with Gasteiger partial charge < -0.3 is 20.1 Å². The number of hydrogen-bond donors (Lipinski definition) is 2. The number of nitrogens with one attached hydrogen (secondary N) is 1. The highest BCUT2D eigenvalue weighted by atomic mass is 16.5. The van der Waals surface area contributed by atoms with Gasteiger partial charge in [-0.3, -0.25) is 9.59 Å². The molecule has 0 heterocycles. The highest BCUT2D eigenvalue weighted by Gasteiger charge is 2.41. The molecule has 4 rings (SSSR count). The van der Waals surface area contributed by atoms with Crippen LogP contribution in [0.1, 0.15) is 50.2 Å². The van der Waals surface area contributed by atoms with Crippen molar-refractivity contribution in [1.82, 2.24) is 10.2 Å². The molecule has 0 radical (unpaired) electrons. The van der Waals surface area contributed by atoms with E-state index in [1.165, 1.54) is 11.1 Å². The molecule has 0 saturated heterocycles. The number of benzene rings is 2. The highest BCUT2D eigenvalue weighted by Crippen LogP contribution is 2.44. The van der Waals surface area contributed by atoms with Crippen LogP contribution in [0.4, 0.5) is 4.79 Å². The minimum atomic E-state index is -0.802. The number of fused-ring (bicyclic) bond motifs is 3. The van der Waals surface area contributed by atoms with Gasteiger partial charge in [0.2, 0.25) is 5.91 Å². The van der Waals surface area contributed by atoms with E-state index in [2.05, 4.69) is 29.6 Å². The van der Waals surface area contributed by atoms with Gasteiger partial charge in [0.25, 0.3) is 0 Å². The second-order valence-electron chi connectivity index (χ2n) is 9.96. The molecule has 1 saturated carbocycles. The van der Waals surface area contributed by atoms with Crippen LogP contribution in [0, 0.1) is 11.3 Å². The Bertz CT molecular complexity index is 1040. The summed E-state index contributed by atoms with van der Waals surface area (Å²) in [6.45, 7) is 4.25. The Labute approximate surface area is 200 Å². The fourth-order valence-electron chi connectivity index (χ4n) is 4.98. The van der Waals surface area contributed by atoms with Crippen LogP contribution in [-0.2, 0) is 14.3 Å². The number of rotatable bonds is 8. The standard InChI is InChI=1S/C27H32N2O5/c1-27(2,25(32)29(3)18-14-17(15-18)24(30)31)12-13-28-26(33)34-16-23-21-10-6-4-8-19(21)20-9-5-7-11-22(20)23/h4-11,17-18,23H,12-16H2,1-3H3,(H,28,33)(H,30,31). The number of carbonyl (C=O) groups excluding carboxylic acids is 2. The van der Waals surface area contributed by atoms with Gasteiger partial charge in [-0.1, -0.05) is 62.4 Å². The van der Waals surface area contributed by atoms with Crippen molar-refractivity contribution in [3.8, 4) is 11.1 Å². The maximum absolute atomic E-state index is 12.9. The zero-order chi connectivity index (χ0) is 24.5. The molecule has 0 atom stereocenters. The molecule has 2 N–H and O–H groups in total. The first kappa shape index (κ1) is 23.8. The van der Waals surface area contributed by atoms with E-state index < -0.39 is 17.5 Å². The molecule has 0 aromatic heterocycles. The molecular formula is C27H32N2O5. The Morgan fingerprint density at radius 3 is 2.15 bits per heavy atom. The SMILES string of the molecule is CN(C(=O)C(C)(C)CCNC(=O)OCC1c2ccccc2-c2ccccc21)C1CC(C(=O)O)C1. The smallest absolute Gasteiger partial charge is 0.407 e. The molecule has 2 amide bonds. The van der Waals surface area contributed by atoms with Crippen molar-refractivity contribution in [2.45, 2.75) is 45.1 Å². The van der Waals surface area contributed by atoms with E-state index in [1.807, 2.05) is 38.1 Å². The van der Waals surface area contributed by atoms with Crippen LogP contribution >= 0.6 is 0 Å². The first-order valence-electron chi connectivity index (χ1n) is 11.8. The maximum atomic E-state index is 12.9. The lowest BCUT2D eigenvalue weighted by molar-refractivity contribution is -0.153. The molecule has 0 unspecified atom stereocenters. The van der Waals surface area contributed by atoms with Gasteiger partial charge in [-0.05, 0) is 41.5 Å². The number of alkyl carbamates (subject to hydrolysis) is 1. The third kappa shape index (κ3) is 4.65. The maximum Gasteiger partial charge on any atom is 0.407 e. The van der Waals surface area contributed by atoms with Crippen LogP contribution in [0.3, 0.4) is 0 Å². The van der Waals surface area contributed by atoms with Crippen LogP contribution in [-0.4, -0.2) is 54.2 Å². The molecule has 180 valence electrons. The summed E-state index contributed by atoms with van der Waals surface area (Å²) in [7, 11) is 1.73. The van der Waals surface area contributed by atoms with Crippen molar-refractivity contribution in [3.63, 3.8) is 0 Å². The van der Waals surface area contributed by atoms with Crippen LogP contribution in [0.2, 0.25) is 0 Å². The van der Waals surface area contributed by atoms with E-state index in [0.717, 1.165) is 11.1 Å². The van der Waals surface area contributed by atoms with Gasteiger partial charge >= 0.3 is 12.1 Å². The van der Waals surface area contributed by atoms with Crippen molar-refractivity contribution in [3.05, 3.63) is 59.7 Å². The summed E-state index contributed by atoms with van der Waals surface area (Å²) in [6.07, 6.45) is 0.939. The molecule has 2 aromatic rings. The van der Waals surface area contributed by atoms with Crippen molar-refractivity contribution < 1.29 is 24.2 Å². The summed E-state index contributed by atoms with van der Waals surface area (Å²) in [5, 5.41) is 11.8. The molecule has 34 heavy (non-hydrogen) atoms. The molecule has 0 spiro atoms. The first-order valence-corrected chi connectivity index (χ1v) is 11.8. The van der Waals surface area contributed by atoms with E-state index >= 15 is 0 Å². The monoisotopic (exact) mass is 464 g/mol. The number of carboxylic acids is 1. The number of amides is 2. The predicted octanol–water partition coefficient (Wildman–Crippen LogP) is 4.26. The number of hydrogen-bond acceptors (Lipinski definition) is 4. The minimum Gasteiger partial charge on any atom is -0.481 e. The van der Waals surface area contributed by atoms with E-state index in [0.29, 0.717) is 25.8 Å². The molecule has 2 aliphatic rings. The van der Waals surface area contributed by atoms with Crippen LogP contribution in [0.15, 0.2) is 48.5 Å². The molecular weight excluding hydrogens is 432 g/mol. The fraction of sp³-hybridized carbons (Fsp3) is 0.444. The van der Waals surface area contributed by atoms with E-state index in [9.17, 15) is 14.4 Å². The Morgan fingerprint density at radius 1 is 1.03 bits per heavy atom. The molecule has 7 heteroatoms. The average molecular weight is 465 g/mol. The lowest BCUT2D eigenvalue weighted by atomic mass is 9.78. The molecule has 2 aromatic carbocycles. The second kappa shape index (κ2) is 9.49. The Kier molecular flexibility index (Phi) is 6.64. The van der Waals surface area contributed by atoms with Crippen molar-refractivity contribution >= 4 is 18.0 Å². The summed E-state index contributed by atoms with van der Waals surface area (Å²) in [6, 6.07) is 16.3. The molecule has 0 bridgehead atoms. The number of carboxylic acid groups (broad SMARTS) is 1.